The predicted octanol–water partition coefficient (Wildman–Crippen LogP) is 0.670. The zero-order valence-corrected chi connectivity index (χ0v) is 9.66. The lowest BCUT2D eigenvalue weighted by Crippen LogP contribution is -2.59. The average molecular weight is 237 g/mol. The molecule has 0 bridgehead atoms. The highest BCUT2D eigenvalue weighted by Gasteiger charge is 2.40. The van der Waals surface area contributed by atoms with Gasteiger partial charge in [0.2, 0.25) is 0 Å². The fourth-order valence-electron chi connectivity index (χ4n) is 1.89. The third-order valence-electron chi connectivity index (χ3n) is 2.95. The van der Waals surface area contributed by atoms with Crippen LogP contribution in [-0.4, -0.2) is 18.7 Å². The highest BCUT2D eigenvalue weighted by Crippen LogP contribution is 2.23. The van der Waals surface area contributed by atoms with E-state index in [1.54, 1.807) is 12.1 Å². The molecular weight excluding hydrogens is 226 g/mol. The number of benzene rings is 1. The normalized spacial score (nSPS) is 18.9. The Morgan fingerprint density at radius 3 is 2.72 bits per heavy atom. The number of allylic oxidation sites excluding steroid dienone is 1. The molecule has 1 aromatic rings. The van der Waals surface area contributed by atoms with E-state index in [0.717, 1.165) is 24.4 Å². The molecule has 2 N–H and O–H groups in total. The van der Waals surface area contributed by atoms with Crippen molar-refractivity contribution in [3.8, 4) is 17.9 Å². The van der Waals surface area contributed by atoms with Gasteiger partial charge in [-0.3, -0.25) is 10.3 Å². The Balaban J connectivity index is 1.79. The molecule has 2 aliphatic heterocycles. The summed E-state index contributed by atoms with van der Waals surface area (Å²) in [6.07, 6.45) is 2.00. The SMILES string of the molecule is N#Cc1cccc(C#CC2=CC3(CNC3)ON2)c1. The van der Waals surface area contributed by atoms with Gasteiger partial charge in [-0.1, -0.05) is 12.0 Å². The molecule has 0 aromatic heterocycles. The van der Waals surface area contributed by atoms with Crippen LogP contribution >= 0.6 is 0 Å². The number of hydrogen-bond acceptors (Lipinski definition) is 4. The largest absolute Gasteiger partial charge is 0.310 e. The monoisotopic (exact) mass is 237 g/mol. The fourth-order valence-corrected chi connectivity index (χ4v) is 1.89. The summed E-state index contributed by atoms with van der Waals surface area (Å²) in [5.41, 5.74) is 4.84. The molecule has 0 atom stereocenters. The smallest absolute Gasteiger partial charge is 0.142 e. The lowest BCUT2D eigenvalue weighted by atomic mass is 9.97. The van der Waals surface area contributed by atoms with Gasteiger partial charge in [0.25, 0.3) is 0 Å². The lowest BCUT2D eigenvalue weighted by molar-refractivity contribution is -0.0689. The molecule has 1 spiro atoms. The molecule has 88 valence electrons. The zero-order chi connectivity index (χ0) is 12.4. The zero-order valence-electron chi connectivity index (χ0n) is 9.66. The first-order valence-electron chi connectivity index (χ1n) is 5.69. The standard InChI is InChI=1S/C14H11N3O/c15-8-12-3-1-2-11(6-12)4-5-13-7-14(18-17-13)9-16-10-14/h1-3,6-7,16-17H,9-10H2. The Labute approximate surface area is 105 Å². The molecule has 3 rings (SSSR count). The average Bonchev–Trinajstić information content (AvgIpc) is 2.81. The predicted molar refractivity (Wildman–Crippen MR) is 65.9 cm³/mol. The summed E-state index contributed by atoms with van der Waals surface area (Å²) >= 11 is 0. The summed E-state index contributed by atoms with van der Waals surface area (Å²) < 4.78 is 0. The van der Waals surface area contributed by atoms with Gasteiger partial charge in [-0.2, -0.15) is 5.26 Å². The van der Waals surface area contributed by atoms with Crippen molar-refractivity contribution in [2.24, 2.45) is 0 Å². The second-order valence-corrected chi connectivity index (χ2v) is 4.37. The van der Waals surface area contributed by atoms with E-state index in [2.05, 4.69) is 28.7 Å². The summed E-state index contributed by atoms with van der Waals surface area (Å²) in [7, 11) is 0. The van der Waals surface area contributed by atoms with Gasteiger partial charge in [0, 0.05) is 18.7 Å². The van der Waals surface area contributed by atoms with Crippen LogP contribution in [0.15, 0.2) is 36.0 Å². The minimum absolute atomic E-state index is 0.210. The maximum atomic E-state index is 8.80. The summed E-state index contributed by atoms with van der Waals surface area (Å²) in [4.78, 5) is 5.46. The van der Waals surface area contributed by atoms with Gasteiger partial charge in [-0.05, 0) is 30.2 Å². The van der Waals surface area contributed by atoms with Crippen LogP contribution < -0.4 is 10.8 Å². The Kier molecular flexibility index (Phi) is 2.53. The van der Waals surface area contributed by atoms with Gasteiger partial charge < -0.3 is 5.32 Å². The van der Waals surface area contributed by atoms with Crippen molar-refractivity contribution < 1.29 is 4.84 Å². The highest BCUT2D eigenvalue weighted by atomic mass is 16.7. The molecule has 0 amide bonds. The molecule has 2 heterocycles. The van der Waals surface area contributed by atoms with Crippen LogP contribution in [-0.2, 0) is 4.84 Å². The van der Waals surface area contributed by atoms with Gasteiger partial charge in [0.15, 0.2) is 0 Å². The summed E-state index contributed by atoms with van der Waals surface area (Å²) in [6, 6.07) is 9.33. The van der Waals surface area contributed by atoms with E-state index < -0.39 is 0 Å². The number of nitrogens with zero attached hydrogens (tertiary/aromatic N) is 1. The first-order valence-corrected chi connectivity index (χ1v) is 5.69. The van der Waals surface area contributed by atoms with E-state index in [1.807, 2.05) is 18.2 Å². The van der Waals surface area contributed by atoms with Crippen LogP contribution in [0, 0.1) is 23.2 Å². The molecule has 4 nitrogen and oxygen atoms in total. The quantitative estimate of drug-likeness (QED) is 0.651. The minimum Gasteiger partial charge on any atom is -0.310 e. The molecule has 1 fully saturated rings. The number of hydrogen-bond donors (Lipinski definition) is 2. The molecule has 0 aliphatic carbocycles. The van der Waals surface area contributed by atoms with Crippen LogP contribution in [0.5, 0.6) is 0 Å². The molecule has 18 heavy (non-hydrogen) atoms. The van der Waals surface area contributed by atoms with Gasteiger partial charge in [0.05, 0.1) is 11.6 Å². The molecule has 4 heteroatoms. The maximum absolute atomic E-state index is 8.80. The summed E-state index contributed by atoms with van der Waals surface area (Å²) in [5, 5.41) is 12.0. The first kappa shape index (κ1) is 10.9. The molecule has 0 saturated carbocycles. The minimum atomic E-state index is -0.210. The Bertz CT molecular complexity index is 612. The third-order valence-corrected chi connectivity index (χ3v) is 2.95. The van der Waals surface area contributed by atoms with Crippen molar-refractivity contribution in [2.75, 3.05) is 13.1 Å². The molecule has 1 saturated heterocycles. The Hall–Kier alpha value is -2.27. The Morgan fingerprint density at radius 2 is 2.06 bits per heavy atom. The molecule has 2 aliphatic rings. The van der Waals surface area contributed by atoms with Crippen LogP contribution in [0.1, 0.15) is 11.1 Å². The van der Waals surface area contributed by atoms with Crippen LogP contribution in [0.2, 0.25) is 0 Å². The van der Waals surface area contributed by atoms with Gasteiger partial charge in [0.1, 0.15) is 11.3 Å². The van der Waals surface area contributed by atoms with Crippen molar-refractivity contribution in [3.05, 3.63) is 47.2 Å². The van der Waals surface area contributed by atoms with Crippen molar-refractivity contribution >= 4 is 0 Å². The molecule has 0 radical (unpaired) electrons. The number of nitriles is 1. The van der Waals surface area contributed by atoms with Crippen LogP contribution in [0.25, 0.3) is 0 Å². The maximum Gasteiger partial charge on any atom is 0.142 e. The van der Waals surface area contributed by atoms with Crippen molar-refractivity contribution in [1.82, 2.24) is 10.8 Å². The number of nitrogens with one attached hydrogen (secondary N) is 2. The van der Waals surface area contributed by atoms with E-state index >= 15 is 0 Å². The molecule has 1 aromatic carbocycles. The van der Waals surface area contributed by atoms with Crippen LogP contribution in [0.4, 0.5) is 0 Å². The van der Waals surface area contributed by atoms with E-state index in [4.69, 9.17) is 10.1 Å². The van der Waals surface area contributed by atoms with Crippen molar-refractivity contribution in [2.45, 2.75) is 5.60 Å². The lowest BCUT2D eigenvalue weighted by Gasteiger charge is -2.34. The summed E-state index contributed by atoms with van der Waals surface area (Å²) in [6.45, 7) is 1.63. The van der Waals surface area contributed by atoms with Gasteiger partial charge in [-0.15, -0.1) is 0 Å². The van der Waals surface area contributed by atoms with E-state index in [-0.39, 0.29) is 5.60 Å². The van der Waals surface area contributed by atoms with E-state index in [1.165, 1.54) is 0 Å². The highest BCUT2D eigenvalue weighted by molar-refractivity contribution is 5.45. The number of rotatable bonds is 0. The van der Waals surface area contributed by atoms with Crippen molar-refractivity contribution in [1.29, 1.82) is 5.26 Å². The Morgan fingerprint density at radius 1 is 1.22 bits per heavy atom. The van der Waals surface area contributed by atoms with E-state index in [9.17, 15) is 0 Å². The third kappa shape index (κ3) is 1.96. The van der Waals surface area contributed by atoms with E-state index in [0.29, 0.717) is 5.56 Å². The van der Waals surface area contributed by atoms with Crippen molar-refractivity contribution in [3.63, 3.8) is 0 Å². The topological polar surface area (TPSA) is 57.1 Å². The second-order valence-electron chi connectivity index (χ2n) is 4.37. The second kappa shape index (κ2) is 4.19. The molecular formula is C14H11N3O. The summed E-state index contributed by atoms with van der Waals surface area (Å²) in [5.74, 6) is 6.03. The van der Waals surface area contributed by atoms with Gasteiger partial charge >= 0.3 is 0 Å². The van der Waals surface area contributed by atoms with Crippen LogP contribution in [0.3, 0.4) is 0 Å². The molecule has 0 unspecified atom stereocenters. The fraction of sp³-hybridized carbons (Fsp3) is 0.214. The van der Waals surface area contributed by atoms with Gasteiger partial charge in [-0.25, -0.2) is 0 Å². The number of hydroxylamine groups is 1. The first-order chi connectivity index (χ1) is 8.80.